The number of piperazine rings is 1. The van der Waals surface area contributed by atoms with Crippen LogP contribution in [0.2, 0.25) is 5.02 Å². The molecule has 1 amide bonds. The molecule has 0 radical (unpaired) electrons. The summed E-state index contributed by atoms with van der Waals surface area (Å²) in [5.41, 5.74) is 1.04. The van der Waals surface area contributed by atoms with Crippen molar-refractivity contribution in [3.05, 3.63) is 34.9 Å². The second-order valence-corrected chi connectivity index (χ2v) is 6.71. The van der Waals surface area contributed by atoms with Gasteiger partial charge in [0.2, 0.25) is 0 Å². The van der Waals surface area contributed by atoms with Gasteiger partial charge in [0.15, 0.2) is 5.96 Å². The van der Waals surface area contributed by atoms with Gasteiger partial charge in [-0.25, -0.2) is 0 Å². The van der Waals surface area contributed by atoms with Crippen LogP contribution in [0.15, 0.2) is 29.3 Å². The quantitative estimate of drug-likeness (QED) is 0.655. The maximum Gasteiger partial charge on any atom is 0.251 e. The Bertz CT molecular complexity index is 623. The maximum absolute atomic E-state index is 12.4. The number of carbonyl (C=O) groups excluding carboxylic acids is 1. The van der Waals surface area contributed by atoms with E-state index < -0.39 is 0 Å². The monoisotopic (exact) mass is 364 g/mol. The Morgan fingerprint density at radius 3 is 2.64 bits per heavy atom. The van der Waals surface area contributed by atoms with Crippen LogP contribution < -0.4 is 5.32 Å². The van der Waals surface area contributed by atoms with Crippen LogP contribution in [0.5, 0.6) is 0 Å². The van der Waals surface area contributed by atoms with Crippen molar-refractivity contribution in [3.8, 4) is 0 Å². The molecule has 0 spiro atoms. The Morgan fingerprint density at radius 1 is 1.28 bits per heavy atom. The molecule has 1 unspecified atom stereocenters. The first kappa shape index (κ1) is 18.0. The Kier molecular flexibility index (Phi) is 6.15. The summed E-state index contributed by atoms with van der Waals surface area (Å²) >= 11 is 6.20. The molecule has 1 aromatic carbocycles. The zero-order valence-corrected chi connectivity index (χ0v) is 15.3. The normalized spacial score (nSPS) is 21.5. The van der Waals surface area contributed by atoms with Gasteiger partial charge < -0.3 is 19.9 Å². The average molecular weight is 365 g/mol. The number of amides is 1. The fourth-order valence-corrected chi connectivity index (χ4v) is 3.47. The topological polar surface area (TPSA) is 57.2 Å². The first-order valence-electron chi connectivity index (χ1n) is 8.78. The van der Waals surface area contributed by atoms with E-state index in [1.54, 1.807) is 7.05 Å². The minimum Gasteiger partial charge on any atom is -0.368 e. The van der Waals surface area contributed by atoms with Crippen LogP contribution in [0, 0.1) is 0 Å². The number of benzene rings is 1. The lowest BCUT2D eigenvalue weighted by Crippen LogP contribution is -2.55. The molecular weight excluding hydrogens is 340 g/mol. The average Bonchev–Trinajstić information content (AvgIpc) is 3.18. The molecule has 2 fully saturated rings. The molecule has 7 heteroatoms. The van der Waals surface area contributed by atoms with E-state index in [1.807, 2.05) is 29.2 Å². The van der Waals surface area contributed by atoms with Gasteiger partial charge in [-0.2, -0.15) is 0 Å². The highest BCUT2D eigenvalue weighted by Gasteiger charge is 2.30. The zero-order valence-electron chi connectivity index (χ0n) is 14.6. The predicted octanol–water partition coefficient (Wildman–Crippen LogP) is 1.74. The molecule has 2 saturated heterocycles. The number of carbonyl (C=O) groups is 1. The maximum atomic E-state index is 12.4. The molecular formula is C18H25ClN4O2. The fraction of sp³-hybridized carbons (Fsp3) is 0.556. The molecule has 2 heterocycles. The second kappa shape index (κ2) is 8.54. The SMILES string of the molecule is CN=C(NCc1ccccc1Cl)N1CCN(C(=O)C2CCCO2)CC1. The molecule has 0 bridgehead atoms. The van der Waals surface area contributed by atoms with Gasteiger partial charge in [0.05, 0.1) is 0 Å². The molecule has 0 aromatic heterocycles. The van der Waals surface area contributed by atoms with Crippen molar-refractivity contribution < 1.29 is 9.53 Å². The molecule has 1 atom stereocenters. The molecule has 0 aliphatic carbocycles. The first-order valence-corrected chi connectivity index (χ1v) is 9.16. The van der Waals surface area contributed by atoms with Gasteiger partial charge in [-0.1, -0.05) is 29.8 Å². The molecule has 6 nitrogen and oxygen atoms in total. The number of aliphatic imine (C=N–C) groups is 1. The van der Waals surface area contributed by atoms with E-state index in [1.165, 1.54) is 0 Å². The highest BCUT2D eigenvalue weighted by atomic mass is 35.5. The molecule has 1 aromatic rings. The largest absolute Gasteiger partial charge is 0.368 e. The second-order valence-electron chi connectivity index (χ2n) is 6.31. The van der Waals surface area contributed by atoms with Crippen LogP contribution >= 0.6 is 11.6 Å². The Labute approximate surface area is 153 Å². The summed E-state index contributed by atoms with van der Waals surface area (Å²) < 4.78 is 5.51. The van der Waals surface area contributed by atoms with Gasteiger partial charge >= 0.3 is 0 Å². The lowest BCUT2D eigenvalue weighted by molar-refractivity contribution is -0.142. The summed E-state index contributed by atoms with van der Waals surface area (Å²) in [4.78, 5) is 20.9. The van der Waals surface area contributed by atoms with E-state index >= 15 is 0 Å². The Balaban J connectivity index is 1.50. The number of halogens is 1. The molecule has 1 N–H and O–H groups in total. The summed E-state index contributed by atoms with van der Waals surface area (Å²) in [6.07, 6.45) is 1.60. The molecule has 136 valence electrons. The van der Waals surface area contributed by atoms with Crippen molar-refractivity contribution in [1.82, 2.24) is 15.1 Å². The molecule has 0 saturated carbocycles. The van der Waals surface area contributed by atoms with Crippen molar-refractivity contribution in [2.24, 2.45) is 4.99 Å². The lowest BCUT2D eigenvalue weighted by atomic mass is 10.2. The number of ether oxygens (including phenoxy) is 1. The van der Waals surface area contributed by atoms with Crippen LogP contribution in [0.1, 0.15) is 18.4 Å². The number of hydrogen-bond donors (Lipinski definition) is 1. The third kappa shape index (κ3) is 4.44. The van der Waals surface area contributed by atoms with Crippen LogP contribution in [0.4, 0.5) is 0 Å². The van der Waals surface area contributed by atoms with Gasteiger partial charge in [0.1, 0.15) is 6.10 Å². The summed E-state index contributed by atoms with van der Waals surface area (Å²) in [7, 11) is 1.78. The number of nitrogens with zero attached hydrogens (tertiary/aromatic N) is 3. The van der Waals surface area contributed by atoms with Gasteiger partial charge in [-0.3, -0.25) is 9.79 Å². The first-order chi connectivity index (χ1) is 12.2. The molecule has 2 aliphatic rings. The molecule has 3 rings (SSSR count). The minimum absolute atomic E-state index is 0.135. The standard InChI is InChI=1S/C18H25ClN4O2/c1-20-18(21-13-14-5-2-3-6-15(14)19)23-10-8-22(9-11-23)17(24)16-7-4-12-25-16/h2-3,5-6,16H,4,7-13H2,1H3,(H,20,21). The minimum atomic E-state index is -0.232. The zero-order chi connectivity index (χ0) is 17.6. The lowest BCUT2D eigenvalue weighted by Gasteiger charge is -2.37. The third-order valence-electron chi connectivity index (χ3n) is 4.70. The highest BCUT2D eigenvalue weighted by molar-refractivity contribution is 6.31. The van der Waals surface area contributed by atoms with Crippen molar-refractivity contribution in [1.29, 1.82) is 0 Å². The number of guanidine groups is 1. The van der Waals surface area contributed by atoms with E-state index in [4.69, 9.17) is 16.3 Å². The number of rotatable bonds is 3. The van der Waals surface area contributed by atoms with Gasteiger partial charge in [-0.05, 0) is 24.5 Å². The summed E-state index contributed by atoms with van der Waals surface area (Å²) in [6, 6.07) is 7.78. The summed E-state index contributed by atoms with van der Waals surface area (Å²) in [6.45, 7) is 4.26. The Hall–Kier alpha value is -1.79. The van der Waals surface area contributed by atoms with Gasteiger partial charge in [-0.15, -0.1) is 0 Å². The van der Waals surface area contributed by atoms with E-state index in [2.05, 4.69) is 15.2 Å². The summed E-state index contributed by atoms with van der Waals surface area (Å²) in [5.74, 6) is 0.972. The van der Waals surface area contributed by atoms with E-state index in [0.717, 1.165) is 42.5 Å². The predicted molar refractivity (Wildman–Crippen MR) is 98.8 cm³/mol. The van der Waals surface area contributed by atoms with Crippen molar-refractivity contribution >= 4 is 23.5 Å². The van der Waals surface area contributed by atoms with Crippen molar-refractivity contribution in [2.45, 2.75) is 25.5 Å². The summed E-state index contributed by atoms with van der Waals surface area (Å²) in [5, 5.41) is 4.11. The van der Waals surface area contributed by atoms with Crippen molar-refractivity contribution in [3.63, 3.8) is 0 Å². The highest BCUT2D eigenvalue weighted by Crippen LogP contribution is 2.17. The van der Waals surface area contributed by atoms with E-state index in [-0.39, 0.29) is 12.0 Å². The molecule has 2 aliphatic heterocycles. The van der Waals surface area contributed by atoms with Gasteiger partial charge in [0, 0.05) is 51.4 Å². The van der Waals surface area contributed by atoms with E-state index in [9.17, 15) is 4.79 Å². The fourth-order valence-electron chi connectivity index (χ4n) is 3.26. The van der Waals surface area contributed by atoms with Crippen LogP contribution in [0.25, 0.3) is 0 Å². The van der Waals surface area contributed by atoms with Crippen LogP contribution in [-0.2, 0) is 16.1 Å². The van der Waals surface area contributed by atoms with E-state index in [0.29, 0.717) is 26.2 Å². The smallest absolute Gasteiger partial charge is 0.251 e. The number of nitrogens with one attached hydrogen (secondary N) is 1. The molecule has 25 heavy (non-hydrogen) atoms. The Morgan fingerprint density at radius 2 is 2.00 bits per heavy atom. The van der Waals surface area contributed by atoms with Gasteiger partial charge in [0.25, 0.3) is 5.91 Å². The number of hydrogen-bond acceptors (Lipinski definition) is 3. The third-order valence-corrected chi connectivity index (χ3v) is 5.07. The van der Waals surface area contributed by atoms with Crippen LogP contribution in [0.3, 0.4) is 0 Å². The van der Waals surface area contributed by atoms with Crippen molar-refractivity contribution in [2.75, 3.05) is 39.8 Å². The van der Waals surface area contributed by atoms with Crippen LogP contribution in [-0.4, -0.2) is 67.6 Å².